The van der Waals surface area contributed by atoms with Crippen LogP contribution in [0.5, 0.6) is 0 Å². The highest BCUT2D eigenvalue weighted by molar-refractivity contribution is 7.22. The van der Waals surface area contributed by atoms with Gasteiger partial charge in [0.2, 0.25) is 0 Å². The van der Waals surface area contributed by atoms with Crippen molar-refractivity contribution in [1.82, 2.24) is 4.98 Å². The Morgan fingerprint density at radius 3 is 2.94 bits per heavy atom. The van der Waals surface area contributed by atoms with Gasteiger partial charge >= 0.3 is 0 Å². The molecule has 4 heteroatoms. The fourth-order valence-corrected chi connectivity index (χ4v) is 3.63. The zero-order chi connectivity index (χ0) is 12.6. The fraction of sp³-hybridized carbons (Fsp3) is 0.500. The summed E-state index contributed by atoms with van der Waals surface area (Å²) >= 11 is 7.82. The number of halogens is 1. The van der Waals surface area contributed by atoms with E-state index in [2.05, 4.69) is 17.2 Å². The van der Waals surface area contributed by atoms with Crippen molar-refractivity contribution in [2.75, 3.05) is 11.9 Å². The molecule has 1 aromatic heterocycles. The molecule has 1 fully saturated rings. The summed E-state index contributed by atoms with van der Waals surface area (Å²) in [4.78, 5) is 4.59. The van der Waals surface area contributed by atoms with Gasteiger partial charge in [-0.1, -0.05) is 42.3 Å². The number of hydrogen-bond donors (Lipinski definition) is 1. The monoisotopic (exact) mass is 280 g/mol. The molecule has 0 spiro atoms. The van der Waals surface area contributed by atoms with Gasteiger partial charge in [-0.2, -0.15) is 0 Å². The first-order chi connectivity index (χ1) is 8.72. The van der Waals surface area contributed by atoms with E-state index in [1.165, 1.54) is 25.7 Å². The number of hydrogen-bond acceptors (Lipinski definition) is 3. The lowest BCUT2D eigenvalue weighted by Gasteiger charge is -2.13. The molecule has 1 N–H and O–H groups in total. The Labute approximate surface area is 116 Å². The largest absolute Gasteiger partial charge is 0.361 e. The minimum atomic E-state index is 0.552. The number of nitrogens with zero attached hydrogens (tertiary/aromatic N) is 1. The second-order valence-corrected chi connectivity index (χ2v) is 6.62. The maximum absolute atomic E-state index is 6.17. The second kappa shape index (κ2) is 4.71. The van der Waals surface area contributed by atoms with E-state index >= 15 is 0 Å². The number of nitrogens with one attached hydrogen (secondary N) is 1. The van der Waals surface area contributed by atoms with Gasteiger partial charge < -0.3 is 5.32 Å². The van der Waals surface area contributed by atoms with Crippen LogP contribution < -0.4 is 5.32 Å². The molecule has 96 valence electrons. The van der Waals surface area contributed by atoms with E-state index in [9.17, 15) is 0 Å². The Morgan fingerprint density at radius 1 is 1.44 bits per heavy atom. The average Bonchev–Trinajstić information content (AvgIpc) is 2.98. The maximum Gasteiger partial charge on any atom is 0.183 e. The van der Waals surface area contributed by atoms with Crippen molar-refractivity contribution >= 4 is 38.3 Å². The van der Waals surface area contributed by atoms with Crippen molar-refractivity contribution in [3.63, 3.8) is 0 Å². The number of rotatable bonds is 5. The molecule has 18 heavy (non-hydrogen) atoms. The molecule has 1 saturated carbocycles. The summed E-state index contributed by atoms with van der Waals surface area (Å²) in [5.74, 6) is 0. The van der Waals surface area contributed by atoms with Crippen LogP contribution in [0.1, 0.15) is 32.6 Å². The molecule has 0 atom stereocenters. The minimum absolute atomic E-state index is 0.552. The zero-order valence-electron chi connectivity index (χ0n) is 10.5. The molecule has 1 aromatic carbocycles. The van der Waals surface area contributed by atoms with Gasteiger partial charge in [0, 0.05) is 6.54 Å². The van der Waals surface area contributed by atoms with E-state index in [4.69, 9.17) is 11.6 Å². The highest BCUT2D eigenvalue weighted by Gasteiger charge is 2.41. The lowest BCUT2D eigenvalue weighted by molar-refractivity contribution is 0.485. The van der Waals surface area contributed by atoms with Gasteiger partial charge in [-0.3, -0.25) is 0 Å². The number of thiazole rings is 1. The van der Waals surface area contributed by atoms with Gasteiger partial charge in [-0.05, 0) is 36.8 Å². The Kier molecular flexibility index (Phi) is 3.20. The smallest absolute Gasteiger partial charge is 0.183 e. The first-order valence-corrected chi connectivity index (χ1v) is 7.71. The third-order valence-electron chi connectivity index (χ3n) is 3.72. The van der Waals surface area contributed by atoms with Crippen molar-refractivity contribution in [2.24, 2.45) is 5.41 Å². The predicted molar refractivity (Wildman–Crippen MR) is 79.7 cm³/mol. The van der Waals surface area contributed by atoms with Crippen LogP contribution >= 0.6 is 22.9 Å². The number of anilines is 1. The topological polar surface area (TPSA) is 24.9 Å². The molecular formula is C14H17ClN2S. The van der Waals surface area contributed by atoms with Crippen molar-refractivity contribution in [1.29, 1.82) is 0 Å². The van der Waals surface area contributed by atoms with E-state index in [-0.39, 0.29) is 0 Å². The van der Waals surface area contributed by atoms with Crippen LogP contribution in [0.2, 0.25) is 5.02 Å². The van der Waals surface area contributed by atoms with Gasteiger partial charge in [0.15, 0.2) is 5.13 Å². The van der Waals surface area contributed by atoms with Gasteiger partial charge in [0.1, 0.15) is 0 Å². The van der Waals surface area contributed by atoms with Gasteiger partial charge in [-0.15, -0.1) is 0 Å². The molecule has 2 nitrogen and oxygen atoms in total. The normalized spacial score (nSPS) is 17.0. The van der Waals surface area contributed by atoms with E-state index < -0.39 is 0 Å². The molecule has 0 saturated heterocycles. The highest BCUT2D eigenvalue weighted by Crippen LogP contribution is 2.49. The van der Waals surface area contributed by atoms with Crippen molar-refractivity contribution in [3.8, 4) is 0 Å². The van der Waals surface area contributed by atoms with Crippen LogP contribution in [0.25, 0.3) is 10.2 Å². The molecule has 0 radical (unpaired) electrons. The van der Waals surface area contributed by atoms with E-state index in [0.29, 0.717) is 5.41 Å². The van der Waals surface area contributed by atoms with Crippen LogP contribution in [0.3, 0.4) is 0 Å². The zero-order valence-corrected chi connectivity index (χ0v) is 12.1. The van der Waals surface area contributed by atoms with Gasteiger partial charge in [0.05, 0.1) is 15.2 Å². The summed E-state index contributed by atoms with van der Waals surface area (Å²) < 4.78 is 1.09. The summed E-state index contributed by atoms with van der Waals surface area (Å²) in [6, 6.07) is 5.89. The summed E-state index contributed by atoms with van der Waals surface area (Å²) in [5.41, 5.74) is 1.55. The predicted octanol–water partition coefficient (Wildman–Crippen LogP) is 4.94. The van der Waals surface area contributed by atoms with Crippen LogP contribution in [-0.2, 0) is 0 Å². The molecule has 2 aromatic rings. The average molecular weight is 281 g/mol. The third-order valence-corrected chi connectivity index (χ3v) is 5.21. The molecular weight excluding hydrogens is 264 g/mol. The molecule has 1 heterocycles. The van der Waals surface area contributed by atoms with Crippen LogP contribution in [0, 0.1) is 5.41 Å². The van der Waals surface area contributed by atoms with Gasteiger partial charge in [0.25, 0.3) is 0 Å². The maximum atomic E-state index is 6.17. The van der Waals surface area contributed by atoms with Crippen LogP contribution in [0.4, 0.5) is 5.13 Å². The second-order valence-electron chi connectivity index (χ2n) is 5.21. The lowest BCUT2D eigenvalue weighted by Crippen LogP contribution is -2.14. The Bertz CT molecular complexity index is 560. The van der Waals surface area contributed by atoms with E-state index in [1.807, 2.05) is 18.2 Å². The summed E-state index contributed by atoms with van der Waals surface area (Å²) in [6.45, 7) is 3.32. The highest BCUT2D eigenvalue weighted by atomic mass is 35.5. The van der Waals surface area contributed by atoms with Crippen molar-refractivity contribution in [3.05, 3.63) is 23.2 Å². The molecule has 0 bridgehead atoms. The molecule has 0 amide bonds. The number of benzene rings is 1. The van der Waals surface area contributed by atoms with Crippen LogP contribution in [0.15, 0.2) is 18.2 Å². The Morgan fingerprint density at radius 2 is 2.28 bits per heavy atom. The fourth-order valence-electron chi connectivity index (χ4n) is 2.48. The standard InChI is InChI=1S/C14H17ClN2S/c1-2-6-14(7-8-14)9-16-13-17-11-5-3-4-10(15)12(11)18-13/h3-5H,2,6-9H2,1H3,(H,16,17). The Balaban J connectivity index is 1.73. The third kappa shape index (κ3) is 2.34. The molecule has 0 aliphatic heterocycles. The summed E-state index contributed by atoms with van der Waals surface area (Å²) in [5, 5.41) is 5.30. The molecule has 1 aliphatic rings. The van der Waals surface area contributed by atoms with Crippen LogP contribution in [-0.4, -0.2) is 11.5 Å². The summed E-state index contributed by atoms with van der Waals surface area (Å²) in [7, 11) is 0. The summed E-state index contributed by atoms with van der Waals surface area (Å²) in [6.07, 6.45) is 5.32. The Hall–Kier alpha value is -0.800. The molecule has 3 rings (SSSR count). The van der Waals surface area contributed by atoms with E-state index in [1.54, 1.807) is 11.3 Å². The van der Waals surface area contributed by atoms with E-state index in [0.717, 1.165) is 26.9 Å². The first kappa shape index (κ1) is 12.2. The number of fused-ring (bicyclic) bond motifs is 1. The number of aromatic nitrogens is 1. The lowest BCUT2D eigenvalue weighted by atomic mass is 10.0. The quantitative estimate of drug-likeness (QED) is 0.839. The molecule has 0 unspecified atom stereocenters. The van der Waals surface area contributed by atoms with Crippen molar-refractivity contribution in [2.45, 2.75) is 32.6 Å². The SMILES string of the molecule is CCCC1(CNc2nc3cccc(Cl)c3s2)CC1. The minimum Gasteiger partial charge on any atom is -0.361 e. The molecule has 1 aliphatic carbocycles. The van der Waals surface area contributed by atoms with Gasteiger partial charge in [-0.25, -0.2) is 4.98 Å². The first-order valence-electron chi connectivity index (χ1n) is 6.51. The van der Waals surface area contributed by atoms with Crippen molar-refractivity contribution < 1.29 is 0 Å².